The van der Waals surface area contributed by atoms with E-state index in [0.29, 0.717) is 6.61 Å². The highest BCUT2D eigenvalue weighted by molar-refractivity contribution is 5.38. The van der Waals surface area contributed by atoms with Crippen LogP contribution < -0.4 is 4.74 Å². The van der Waals surface area contributed by atoms with E-state index in [9.17, 15) is 5.11 Å². The summed E-state index contributed by atoms with van der Waals surface area (Å²) in [5.41, 5.74) is 1.99. The third-order valence-corrected chi connectivity index (χ3v) is 2.62. The number of unbranched alkanes of at least 4 members (excludes halogenated alkanes) is 1. The molecular formula is C14H22O3. The van der Waals surface area contributed by atoms with Gasteiger partial charge < -0.3 is 14.6 Å². The molecule has 0 bridgehead atoms. The van der Waals surface area contributed by atoms with Crippen molar-refractivity contribution in [3.05, 3.63) is 29.3 Å². The maximum absolute atomic E-state index is 9.67. The van der Waals surface area contributed by atoms with Crippen molar-refractivity contribution in [1.82, 2.24) is 0 Å². The molecule has 0 aliphatic carbocycles. The first-order valence-electron chi connectivity index (χ1n) is 6.05. The molecule has 0 aliphatic heterocycles. The molecular weight excluding hydrogens is 216 g/mol. The van der Waals surface area contributed by atoms with Crippen LogP contribution in [0.4, 0.5) is 0 Å². The van der Waals surface area contributed by atoms with Crippen LogP contribution in [0.15, 0.2) is 18.2 Å². The van der Waals surface area contributed by atoms with Gasteiger partial charge in [0.1, 0.15) is 5.75 Å². The Morgan fingerprint density at radius 3 is 2.59 bits per heavy atom. The molecule has 1 aromatic carbocycles. The Kier molecular flexibility index (Phi) is 6.01. The number of ether oxygens (including phenoxy) is 2. The largest absolute Gasteiger partial charge is 0.493 e. The first-order chi connectivity index (χ1) is 8.15. The molecule has 1 aromatic rings. The summed E-state index contributed by atoms with van der Waals surface area (Å²) in [4.78, 5) is 0. The minimum absolute atomic E-state index is 0.496. The van der Waals surface area contributed by atoms with Crippen LogP contribution >= 0.6 is 0 Å². The molecule has 3 heteroatoms. The van der Waals surface area contributed by atoms with E-state index in [2.05, 4.69) is 0 Å². The van der Waals surface area contributed by atoms with Crippen molar-refractivity contribution in [3.63, 3.8) is 0 Å². The molecule has 0 heterocycles. The Labute approximate surface area is 103 Å². The summed E-state index contributed by atoms with van der Waals surface area (Å²) in [7, 11) is 1.70. The maximum atomic E-state index is 9.67. The van der Waals surface area contributed by atoms with Crippen molar-refractivity contribution in [2.24, 2.45) is 0 Å². The van der Waals surface area contributed by atoms with E-state index in [0.717, 1.165) is 36.3 Å². The number of rotatable bonds is 7. The number of methoxy groups -OCH3 is 1. The van der Waals surface area contributed by atoms with Crippen LogP contribution in [0.25, 0.3) is 0 Å². The number of aryl methyl sites for hydroxylation is 1. The highest BCUT2D eigenvalue weighted by Gasteiger charge is 2.09. The van der Waals surface area contributed by atoms with E-state index >= 15 is 0 Å². The smallest absolute Gasteiger partial charge is 0.125 e. The first-order valence-corrected chi connectivity index (χ1v) is 6.05. The number of benzene rings is 1. The maximum Gasteiger partial charge on any atom is 0.125 e. The van der Waals surface area contributed by atoms with Gasteiger partial charge in [0, 0.05) is 19.3 Å². The highest BCUT2D eigenvalue weighted by Crippen LogP contribution is 2.26. The third kappa shape index (κ3) is 4.75. The fourth-order valence-corrected chi connectivity index (χ4v) is 1.66. The van der Waals surface area contributed by atoms with Gasteiger partial charge in [-0.1, -0.05) is 11.6 Å². The zero-order valence-corrected chi connectivity index (χ0v) is 10.9. The summed E-state index contributed by atoms with van der Waals surface area (Å²) in [6, 6.07) is 5.89. The van der Waals surface area contributed by atoms with Gasteiger partial charge in [-0.15, -0.1) is 0 Å². The Hall–Kier alpha value is -1.06. The van der Waals surface area contributed by atoms with Crippen LogP contribution in [0.1, 0.15) is 37.0 Å². The third-order valence-electron chi connectivity index (χ3n) is 2.62. The standard InChI is InChI=1S/C14H22O3/c1-11-6-7-14(13(10-11)12(2)15)17-9-5-4-8-16-3/h6-7,10,12,15H,4-5,8-9H2,1-3H3/t12-/m1/s1. The topological polar surface area (TPSA) is 38.7 Å². The molecule has 3 nitrogen and oxygen atoms in total. The van der Waals surface area contributed by atoms with Gasteiger partial charge in [0.25, 0.3) is 0 Å². The van der Waals surface area contributed by atoms with Crippen LogP contribution in [0.5, 0.6) is 5.75 Å². The molecule has 0 spiro atoms. The average molecular weight is 238 g/mol. The summed E-state index contributed by atoms with van der Waals surface area (Å²) in [5, 5.41) is 9.67. The van der Waals surface area contributed by atoms with E-state index in [-0.39, 0.29) is 0 Å². The zero-order valence-electron chi connectivity index (χ0n) is 10.9. The van der Waals surface area contributed by atoms with E-state index in [1.54, 1.807) is 14.0 Å². The second-order valence-electron chi connectivity index (χ2n) is 4.27. The van der Waals surface area contributed by atoms with Gasteiger partial charge in [0.15, 0.2) is 0 Å². The second-order valence-corrected chi connectivity index (χ2v) is 4.27. The summed E-state index contributed by atoms with van der Waals surface area (Å²) < 4.78 is 10.7. The minimum atomic E-state index is -0.496. The van der Waals surface area contributed by atoms with Crippen LogP contribution in [-0.4, -0.2) is 25.4 Å². The zero-order chi connectivity index (χ0) is 12.7. The number of hydrogen-bond donors (Lipinski definition) is 1. The summed E-state index contributed by atoms with van der Waals surface area (Å²) in [6.45, 7) is 5.19. The van der Waals surface area contributed by atoms with Crippen molar-refractivity contribution in [3.8, 4) is 5.75 Å². The van der Waals surface area contributed by atoms with Crippen molar-refractivity contribution in [2.45, 2.75) is 32.8 Å². The highest BCUT2D eigenvalue weighted by atomic mass is 16.5. The number of hydrogen-bond acceptors (Lipinski definition) is 3. The quantitative estimate of drug-likeness (QED) is 0.742. The lowest BCUT2D eigenvalue weighted by atomic mass is 10.1. The molecule has 1 N–H and O–H groups in total. The molecule has 0 saturated carbocycles. The van der Waals surface area contributed by atoms with Crippen molar-refractivity contribution >= 4 is 0 Å². The van der Waals surface area contributed by atoms with Crippen LogP contribution in [0.2, 0.25) is 0 Å². The molecule has 96 valence electrons. The predicted octanol–water partition coefficient (Wildman–Crippen LogP) is 2.85. The SMILES string of the molecule is COCCCCOc1ccc(C)cc1[C@@H](C)O. The normalized spacial score (nSPS) is 12.5. The molecule has 0 aliphatic rings. The molecule has 0 radical (unpaired) electrons. The Balaban J connectivity index is 2.52. The van der Waals surface area contributed by atoms with Crippen LogP contribution in [-0.2, 0) is 4.74 Å². The monoisotopic (exact) mass is 238 g/mol. The van der Waals surface area contributed by atoms with E-state index in [4.69, 9.17) is 9.47 Å². The lowest BCUT2D eigenvalue weighted by Crippen LogP contribution is -2.03. The lowest BCUT2D eigenvalue weighted by Gasteiger charge is -2.14. The van der Waals surface area contributed by atoms with Gasteiger partial charge in [-0.2, -0.15) is 0 Å². The van der Waals surface area contributed by atoms with Gasteiger partial charge in [-0.25, -0.2) is 0 Å². The van der Waals surface area contributed by atoms with Gasteiger partial charge in [-0.05, 0) is 38.8 Å². The molecule has 1 rings (SSSR count). The molecule has 17 heavy (non-hydrogen) atoms. The van der Waals surface area contributed by atoms with Gasteiger partial charge in [0.2, 0.25) is 0 Å². The summed E-state index contributed by atoms with van der Waals surface area (Å²) in [5.74, 6) is 0.781. The second kappa shape index (κ2) is 7.30. The van der Waals surface area contributed by atoms with Gasteiger partial charge in [-0.3, -0.25) is 0 Å². The Morgan fingerprint density at radius 1 is 1.24 bits per heavy atom. The fraction of sp³-hybridized carbons (Fsp3) is 0.571. The lowest BCUT2D eigenvalue weighted by molar-refractivity contribution is 0.178. The summed E-state index contributed by atoms with van der Waals surface area (Å²) >= 11 is 0. The minimum Gasteiger partial charge on any atom is -0.493 e. The first kappa shape index (κ1) is 14.0. The van der Waals surface area contributed by atoms with Gasteiger partial charge in [0.05, 0.1) is 12.7 Å². The Morgan fingerprint density at radius 2 is 1.94 bits per heavy atom. The average Bonchev–Trinajstić information content (AvgIpc) is 2.30. The van der Waals surface area contributed by atoms with Gasteiger partial charge >= 0.3 is 0 Å². The van der Waals surface area contributed by atoms with E-state index < -0.39 is 6.10 Å². The molecule has 0 saturated heterocycles. The van der Waals surface area contributed by atoms with Crippen LogP contribution in [0, 0.1) is 6.92 Å². The van der Waals surface area contributed by atoms with Crippen LogP contribution in [0.3, 0.4) is 0 Å². The van der Waals surface area contributed by atoms with E-state index in [1.807, 2.05) is 25.1 Å². The number of aliphatic hydroxyl groups is 1. The molecule has 0 unspecified atom stereocenters. The molecule has 0 amide bonds. The molecule has 0 fully saturated rings. The van der Waals surface area contributed by atoms with Crippen molar-refractivity contribution < 1.29 is 14.6 Å². The summed E-state index contributed by atoms with van der Waals surface area (Å²) in [6.07, 6.45) is 1.46. The Bertz CT molecular complexity index is 334. The molecule has 0 aromatic heterocycles. The van der Waals surface area contributed by atoms with Crippen molar-refractivity contribution in [2.75, 3.05) is 20.3 Å². The fourth-order valence-electron chi connectivity index (χ4n) is 1.66. The molecule has 1 atom stereocenters. The number of aliphatic hydroxyl groups excluding tert-OH is 1. The predicted molar refractivity (Wildman–Crippen MR) is 68.4 cm³/mol. The van der Waals surface area contributed by atoms with Crippen molar-refractivity contribution in [1.29, 1.82) is 0 Å². The van der Waals surface area contributed by atoms with E-state index in [1.165, 1.54) is 0 Å².